The van der Waals surface area contributed by atoms with Crippen molar-refractivity contribution < 1.29 is 0 Å². The zero-order chi connectivity index (χ0) is 97.1. The molecule has 0 saturated heterocycles. The molecule has 0 unspecified atom stereocenters. The molecule has 0 aliphatic carbocycles. The van der Waals surface area contributed by atoms with Gasteiger partial charge in [0.25, 0.3) is 0 Å². The zero-order valence-electron chi connectivity index (χ0n) is 79.1. The van der Waals surface area contributed by atoms with Crippen molar-refractivity contribution in [1.29, 1.82) is 0 Å². The van der Waals surface area contributed by atoms with Gasteiger partial charge in [-0.15, -0.1) is 68.0 Å². The summed E-state index contributed by atoms with van der Waals surface area (Å²) >= 11 is 10.8. The van der Waals surface area contributed by atoms with E-state index in [4.69, 9.17) is 29.9 Å². The highest BCUT2D eigenvalue weighted by atomic mass is 32.1. The largest absolute Gasteiger partial charge is 0.290 e. The van der Waals surface area contributed by atoms with Gasteiger partial charge in [0.05, 0.1) is 47.2 Å². The van der Waals surface area contributed by atoms with Gasteiger partial charge in [0.15, 0.2) is 17.5 Å². The van der Waals surface area contributed by atoms with Crippen LogP contribution in [0.5, 0.6) is 0 Å². The van der Waals surface area contributed by atoms with Crippen LogP contribution >= 0.6 is 68.0 Å². The van der Waals surface area contributed by atoms with Gasteiger partial charge in [-0.25, -0.2) is 29.9 Å². The lowest BCUT2D eigenvalue weighted by Gasteiger charge is -2.15. The molecule has 0 saturated carbocycles. The highest BCUT2D eigenvalue weighted by Gasteiger charge is 2.33. The minimum atomic E-state index is 0.856. The van der Waals surface area contributed by atoms with E-state index in [2.05, 4.69) is 457 Å². The Labute approximate surface area is 871 Å². The summed E-state index contributed by atoms with van der Waals surface area (Å²) < 4.78 is 18.6. The van der Waals surface area contributed by atoms with Crippen LogP contribution in [0.3, 0.4) is 0 Å². The molecule has 15 heteroatoms. The molecule has 0 atom stereocenters. The molecule has 35 rings (SSSR count). The molecule has 690 valence electrons. The van der Waals surface area contributed by atoms with Crippen LogP contribution in [-0.2, 0) is 0 Å². The minimum Gasteiger partial charge on any atom is -0.290 e. The molecule has 35 aromatic rings. The minimum absolute atomic E-state index is 0.856. The van der Waals surface area contributed by atoms with Gasteiger partial charge < -0.3 is 0 Å². The predicted octanol–water partition coefficient (Wildman–Crippen LogP) is 39.2. The van der Waals surface area contributed by atoms with E-state index in [1.165, 1.54) is 210 Å². The highest BCUT2D eigenvalue weighted by molar-refractivity contribution is 7.29. The van der Waals surface area contributed by atoms with Gasteiger partial charge in [-0.2, -0.15) is 0 Å². The Bertz CT molecular complexity index is 12100. The van der Waals surface area contributed by atoms with E-state index in [0.29, 0.717) is 0 Å². The van der Waals surface area contributed by atoms with Crippen LogP contribution < -0.4 is 0 Å². The molecule has 23 aromatic carbocycles. The third-order valence-corrected chi connectivity index (χ3v) is 37.4. The van der Waals surface area contributed by atoms with Gasteiger partial charge in [0.2, 0.25) is 0 Å². The van der Waals surface area contributed by atoms with Crippen LogP contribution in [0, 0.1) is 0 Å². The van der Waals surface area contributed by atoms with Crippen molar-refractivity contribution in [2.75, 3.05) is 0 Å². The van der Waals surface area contributed by atoms with Gasteiger partial charge in [-0.05, 0) is 147 Å². The summed E-state index contributed by atoms with van der Waals surface area (Å²) in [5, 5.41) is 38.8. The number of nitrogens with zero attached hydrogens (tertiary/aromatic N) is 9. The first-order valence-corrected chi connectivity index (χ1v) is 55.0. The van der Waals surface area contributed by atoms with Crippen LogP contribution in [0.2, 0.25) is 0 Å². The van der Waals surface area contributed by atoms with Gasteiger partial charge in [0.1, 0.15) is 48.1 Å². The van der Waals surface area contributed by atoms with Crippen molar-refractivity contribution in [1.82, 2.24) is 43.6 Å². The first-order valence-electron chi connectivity index (χ1n) is 50.1. The van der Waals surface area contributed by atoms with Gasteiger partial charge in [-0.1, -0.05) is 382 Å². The van der Waals surface area contributed by atoms with Crippen molar-refractivity contribution in [2.45, 2.75) is 0 Å². The number of aromatic nitrogens is 9. The average Bonchev–Trinajstić information content (AvgIpc) is 1.53. The number of benzene rings is 23. The maximum atomic E-state index is 5.65. The SMILES string of the molecule is c1ccc(-c2nc3c(nc2-n2c4ccccc4c4c5ccccc5c5c(sc6ccc7ccccc7c65)c42)sc2ccccc23)cc1.c1ccc2c(-c3nc4c(nc3-n3c5ccccc5c5c6ccccc6c6c(sc7ccc8ccccc8c76)c53)sc3ccccc34)cccc2c1.c1ccc2cc(-c3nc4c(nc3-n3c5ccccc5c5c6ccccc6c6c(sc7ccc8ccccc8c76)c53)sc3ccccc34)ccc2c1. The number of para-hydroxylation sites is 3. The molecule has 149 heavy (non-hydrogen) atoms. The zero-order valence-corrected chi connectivity index (χ0v) is 84.0. The molecule has 0 aliphatic rings. The molecule has 0 bridgehead atoms. The third-order valence-electron chi connectivity index (χ3n) is 30.7. The second-order valence-electron chi connectivity index (χ2n) is 38.7. The standard InChI is InChI=1S/2C46H25N3S2.C42H23N3S2/c1-3-15-28-26(12-1)14-11-21-32(28)41-45(48-46-42(47-41)34-20-8-10-23-36(34)51-46)49-35-22-9-7-19-33(35)38-30-17-5-6-18-31(30)40-39-29-16-4-2-13-27(29)24-25-37(39)50-44(40)43(38)49;1-2-13-28-25-29(22-21-26(28)11-1)41-45(48-46-42(47-41)34-18-8-10-20-36(34)51-46)49-35-19-9-7-17-33(35)38-31-15-5-6-16-32(31)40-39-30-14-4-3-12-27(30)23-24-37(39)50-44(40)43(38)49;1-2-13-25(14-3-1)37-41(44-42-38(43-37)30-19-9-11-21-32(30)47-42)45-31-20-10-8-18-29(31)34-27-16-6-7-17-28(27)36-35-26-15-5-4-12-24(26)22-23-33(35)46-40(36)39(34)45/h2*1-25H;1-23H. The molecule has 0 fully saturated rings. The molecular weight excluding hydrogens is 1930 g/mol. The lowest BCUT2D eigenvalue weighted by molar-refractivity contribution is 1.09. The van der Waals surface area contributed by atoms with Gasteiger partial charge in [-0.3, -0.25) is 13.7 Å². The van der Waals surface area contributed by atoms with E-state index in [9.17, 15) is 0 Å². The summed E-state index contributed by atoms with van der Waals surface area (Å²) in [6, 6.07) is 160. The fourth-order valence-corrected chi connectivity index (χ4v) is 31.3. The monoisotopic (exact) mass is 2000 g/mol. The Morgan fingerprint density at radius 1 is 0.161 bits per heavy atom. The second-order valence-corrected chi connectivity index (χ2v) is 44.9. The first kappa shape index (κ1) is 83.4. The summed E-state index contributed by atoms with van der Waals surface area (Å²) in [6.45, 7) is 0. The highest BCUT2D eigenvalue weighted by Crippen LogP contribution is 2.57. The lowest BCUT2D eigenvalue weighted by atomic mass is 9.96. The Kier molecular flexibility index (Phi) is 18.1. The topological polar surface area (TPSA) is 92.1 Å². The molecule has 0 amide bonds. The Morgan fingerprint density at radius 2 is 0.443 bits per heavy atom. The summed E-state index contributed by atoms with van der Waals surface area (Å²) in [5.74, 6) is 2.57. The summed E-state index contributed by atoms with van der Waals surface area (Å²) in [4.78, 5) is 36.3. The molecule has 12 heterocycles. The maximum absolute atomic E-state index is 5.65. The average molecular weight is 2000 g/mol. The van der Waals surface area contributed by atoms with Crippen LogP contribution in [0.15, 0.2) is 443 Å². The fourth-order valence-electron chi connectivity index (χ4n) is 24.4. The normalized spacial score (nSPS) is 12.3. The van der Waals surface area contributed by atoms with Crippen molar-refractivity contribution in [3.8, 4) is 51.2 Å². The molecule has 0 radical (unpaired) electrons. The van der Waals surface area contributed by atoms with E-state index in [0.717, 1.165) is 115 Å². The lowest BCUT2D eigenvalue weighted by Crippen LogP contribution is -2.03. The molecular formula is C134H73N9S6. The van der Waals surface area contributed by atoms with E-state index in [1.807, 2.05) is 34.0 Å². The molecule has 9 nitrogen and oxygen atoms in total. The van der Waals surface area contributed by atoms with Gasteiger partial charge in [0, 0.05) is 126 Å². The number of fused-ring (bicyclic) bond motifs is 47. The maximum Gasteiger partial charge on any atom is 0.166 e. The molecule has 0 aliphatic heterocycles. The van der Waals surface area contributed by atoms with Crippen LogP contribution in [0.1, 0.15) is 0 Å². The fraction of sp³-hybridized carbons (Fsp3) is 0. The molecule has 12 aromatic heterocycles. The third kappa shape index (κ3) is 12.2. The molecule has 0 N–H and O–H groups in total. The van der Waals surface area contributed by atoms with Crippen molar-refractivity contribution >= 4 is 341 Å². The van der Waals surface area contributed by atoms with Crippen molar-refractivity contribution in [2.24, 2.45) is 0 Å². The smallest absolute Gasteiger partial charge is 0.166 e. The quantitative estimate of drug-likeness (QED) is 0.165. The van der Waals surface area contributed by atoms with Crippen LogP contribution in [0.25, 0.3) is 325 Å². The summed E-state index contributed by atoms with van der Waals surface area (Å²) in [7, 11) is 0. The summed E-state index contributed by atoms with van der Waals surface area (Å²) in [5.41, 5.74) is 15.7. The summed E-state index contributed by atoms with van der Waals surface area (Å²) in [6.07, 6.45) is 0. The predicted molar refractivity (Wildman–Crippen MR) is 643 cm³/mol. The second kappa shape index (κ2) is 32.3. The Hall–Kier alpha value is -17.9. The van der Waals surface area contributed by atoms with E-state index in [-0.39, 0.29) is 0 Å². The van der Waals surface area contributed by atoms with Crippen LogP contribution in [-0.4, -0.2) is 43.6 Å². The van der Waals surface area contributed by atoms with Gasteiger partial charge >= 0.3 is 0 Å². The van der Waals surface area contributed by atoms with Crippen molar-refractivity contribution in [3.05, 3.63) is 443 Å². The van der Waals surface area contributed by atoms with E-state index >= 15 is 0 Å². The number of thiophene rings is 6. The number of hydrogen-bond donors (Lipinski definition) is 0. The number of hydrogen-bond acceptors (Lipinski definition) is 12. The number of rotatable bonds is 6. The Morgan fingerprint density at radius 3 is 0.839 bits per heavy atom. The first-order chi connectivity index (χ1) is 73.9. The van der Waals surface area contributed by atoms with Crippen LogP contribution in [0.4, 0.5) is 0 Å². The van der Waals surface area contributed by atoms with E-state index in [1.54, 1.807) is 34.0 Å². The van der Waals surface area contributed by atoms with E-state index < -0.39 is 0 Å². The Balaban J connectivity index is 0.0000000971. The van der Waals surface area contributed by atoms with Crippen molar-refractivity contribution in [3.63, 3.8) is 0 Å². The molecule has 0 spiro atoms.